The van der Waals surface area contributed by atoms with E-state index in [0.29, 0.717) is 0 Å². The summed E-state index contributed by atoms with van der Waals surface area (Å²) in [5.41, 5.74) is 4.61. The summed E-state index contributed by atoms with van der Waals surface area (Å²) in [5, 5.41) is 10.8. The molecule has 0 bridgehead atoms. The van der Waals surface area contributed by atoms with Crippen molar-refractivity contribution in [3.63, 3.8) is 0 Å². The van der Waals surface area contributed by atoms with Crippen LogP contribution in [0, 0.1) is 10.1 Å². The first-order chi connectivity index (χ1) is 11.2. The zero-order valence-electron chi connectivity index (χ0n) is 12.1. The third-order valence-electron chi connectivity index (χ3n) is 3.08. The average Bonchev–Trinajstić information content (AvgIpc) is 2.90. The Balaban J connectivity index is 2.03. The van der Waals surface area contributed by atoms with Gasteiger partial charge in [0.15, 0.2) is 0 Å². The Kier molecular flexibility index (Phi) is 4.99. The number of nitrogens with one attached hydrogen (secondary N) is 1. The number of nitrogen functional groups attached to an aromatic ring is 1. The molecule has 1 aromatic carbocycles. The first-order valence-corrected chi connectivity index (χ1v) is 8.09. The molecular formula is C12H13N3O8S. The Hall–Kier alpha value is -2.73. The summed E-state index contributed by atoms with van der Waals surface area (Å²) in [6.07, 6.45) is -0.860. The molecule has 0 aliphatic carbocycles. The molecule has 12 heteroatoms. The number of hydrogen-bond donors (Lipinski definition) is 2. The number of nitrogens with two attached hydrogens (primary N) is 1. The van der Waals surface area contributed by atoms with Gasteiger partial charge in [-0.2, -0.15) is 4.72 Å². The predicted octanol–water partition coefficient (Wildman–Crippen LogP) is -0.686. The van der Waals surface area contributed by atoms with Gasteiger partial charge in [0, 0.05) is 12.5 Å². The Bertz CT molecular complexity index is 791. The van der Waals surface area contributed by atoms with E-state index >= 15 is 0 Å². The van der Waals surface area contributed by atoms with Crippen molar-refractivity contribution >= 4 is 33.3 Å². The maximum Gasteiger partial charge on any atom is 0.347 e. The van der Waals surface area contributed by atoms with Crippen molar-refractivity contribution in [2.45, 2.75) is 17.4 Å². The zero-order chi connectivity index (χ0) is 17.9. The van der Waals surface area contributed by atoms with Crippen LogP contribution in [0.25, 0.3) is 0 Å². The number of rotatable bonds is 6. The quantitative estimate of drug-likeness (QED) is 0.289. The Morgan fingerprint density at radius 1 is 1.50 bits per heavy atom. The highest BCUT2D eigenvalue weighted by molar-refractivity contribution is 7.89. The van der Waals surface area contributed by atoms with E-state index in [0.717, 1.165) is 18.2 Å². The lowest BCUT2D eigenvalue weighted by Gasteiger charge is -2.10. The van der Waals surface area contributed by atoms with Gasteiger partial charge in [-0.1, -0.05) is 0 Å². The Labute approximate surface area is 135 Å². The number of esters is 2. The summed E-state index contributed by atoms with van der Waals surface area (Å²) < 4.78 is 35.4. The van der Waals surface area contributed by atoms with E-state index in [9.17, 15) is 28.1 Å². The minimum atomic E-state index is -4.20. The minimum absolute atomic E-state index is 0.123. The highest BCUT2D eigenvalue weighted by Crippen LogP contribution is 2.24. The van der Waals surface area contributed by atoms with E-state index in [4.69, 9.17) is 10.5 Å². The lowest BCUT2D eigenvalue weighted by molar-refractivity contribution is -0.384. The molecule has 1 heterocycles. The molecule has 1 aromatic rings. The molecule has 1 fully saturated rings. The predicted molar refractivity (Wildman–Crippen MR) is 78.2 cm³/mol. The van der Waals surface area contributed by atoms with Crippen LogP contribution >= 0.6 is 0 Å². The van der Waals surface area contributed by atoms with E-state index in [1.807, 2.05) is 4.72 Å². The molecule has 1 saturated heterocycles. The third-order valence-corrected chi connectivity index (χ3v) is 4.48. The molecule has 1 atom stereocenters. The van der Waals surface area contributed by atoms with Crippen LogP contribution in [-0.4, -0.2) is 44.5 Å². The van der Waals surface area contributed by atoms with Crippen LogP contribution in [0.4, 0.5) is 11.4 Å². The SMILES string of the molecule is Nc1ccc(S(=O)(=O)NCC(=O)O[C@H]2CCOC2=O)cc1[N+](=O)[O-]. The average molecular weight is 359 g/mol. The van der Waals surface area contributed by atoms with Gasteiger partial charge in [-0.3, -0.25) is 14.9 Å². The number of nitro groups is 1. The van der Waals surface area contributed by atoms with Crippen molar-refractivity contribution in [1.82, 2.24) is 4.72 Å². The van der Waals surface area contributed by atoms with Crippen LogP contribution in [0.5, 0.6) is 0 Å². The van der Waals surface area contributed by atoms with Gasteiger partial charge in [-0.15, -0.1) is 0 Å². The fourth-order valence-corrected chi connectivity index (χ4v) is 2.86. The van der Waals surface area contributed by atoms with Gasteiger partial charge in [-0.05, 0) is 12.1 Å². The molecule has 24 heavy (non-hydrogen) atoms. The second-order valence-electron chi connectivity index (χ2n) is 4.74. The van der Waals surface area contributed by atoms with E-state index in [2.05, 4.69) is 4.74 Å². The smallest absolute Gasteiger partial charge is 0.347 e. The van der Waals surface area contributed by atoms with Crippen molar-refractivity contribution in [3.05, 3.63) is 28.3 Å². The summed E-state index contributed by atoms with van der Waals surface area (Å²) in [4.78, 5) is 32.2. The normalized spacial score (nSPS) is 17.3. The number of anilines is 1. The lowest BCUT2D eigenvalue weighted by atomic mass is 10.3. The first kappa shape index (κ1) is 17.6. The molecule has 0 unspecified atom stereocenters. The number of ether oxygens (including phenoxy) is 2. The van der Waals surface area contributed by atoms with Gasteiger partial charge in [0.25, 0.3) is 5.69 Å². The van der Waals surface area contributed by atoms with E-state index < -0.39 is 50.1 Å². The maximum absolute atomic E-state index is 12.1. The molecule has 1 aliphatic rings. The van der Waals surface area contributed by atoms with Gasteiger partial charge < -0.3 is 15.2 Å². The highest BCUT2D eigenvalue weighted by atomic mass is 32.2. The molecule has 0 saturated carbocycles. The van der Waals surface area contributed by atoms with Gasteiger partial charge >= 0.3 is 11.9 Å². The number of cyclic esters (lactones) is 1. The number of benzene rings is 1. The fraction of sp³-hybridized carbons (Fsp3) is 0.333. The highest BCUT2D eigenvalue weighted by Gasteiger charge is 2.30. The Morgan fingerprint density at radius 2 is 2.21 bits per heavy atom. The number of hydrogen-bond acceptors (Lipinski definition) is 9. The molecule has 3 N–H and O–H groups in total. The monoisotopic (exact) mass is 359 g/mol. The maximum atomic E-state index is 12.1. The standard InChI is InChI=1S/C12H13N3O8S/c13-8-2-1-7(5-9(8)15(18)19)24(20,21)14-6-11(16)23-10-3-4-22-12(10)17/h1-2,5,10,14H,3-4,6,13H2/t10-/m0/s1. The van der Waals surface area contributed by atoms with Crippen LogP contribution in [-0.2, 0) is 29.1 Å². The zero-order valence-corrected chi connectivity index (χ0v) is 12.9. The summed E-state index contributed by atoms with van der Waals surface area (Å²) in [5.74, 6) is -1.67. The summed E-state index contributed by atoms with van der Waals surface area (Å²) >= 11 is 0. The largest absolute Gasteiger partial charge is 0.463 e. The summed E-state index contributed by atoms with van der Waals surface area (Å²) in [7, 11) is -4.20. The fourth-order valence-electron chi connectivity index (χ4n) is 1.87. The second kappa shape index (κ2) is 6.80. The molecule has 1 aliphatic heterocycles. The number of sulfonamides is 1. The first-order valence-electron chi connectivity index (χ1n) is 6.60. The van der Waals surface area contributed by atoms with Crippen molar-refractivity contribution in [1.29, 1.82) is 0 Å². The van der Waals surface area contributed by atoms with E-state index in [-0.39, 0.29) is 18.7 Å². The van der Waals surface area contributed by atoms with E-state index in [1.165, 1.54) is 0 Å². The molecule has 11 nitrogen and oxygen atoms in total. The number of nitro benzene ring substituents is 1. The molecule has 0 radical (unpaired) electrons. The van der Waals surface area contributed by atoms with Crippen LogP contribution in [0.15, 0.2) is 23.1 Å². The van der Waals surface area contributed by atoms with Gasteiger partial charge in [0.05, 0.1) is 16.4 Å². The van der Waals surface area contributed by atoms with E-state index in [1.54, 1.807) is 0 Å². The minimum Gasteiger partial charge on any atom is -0.463 e. The molecule has 2 rings (SSSR count). The Morgan fingerprint density at radius 3 is 2.79 bits per heavy atom. The van der Waals surface area contributed by atoms with Crippen molar-refractivity contribution in [2.24, 2.45) is 0 Å². The lowest BCUT2D eigenvalue weighted by Crippen LogP contribution is -2.33. The summed E-state index contributed by atoms with van der Waals surface area (Å²) in [6.45, 7) is -0.623. The number of nitrogens with zero attached hydrogens (tertiary/aromatic N) is 1. The number of carbonyl (C=O) groups is 2. The third kappa shape index (κ3) is 3.97. The molecule has 0 aromatic heterocycles. The molecular weight excluding hydrogens is 346 g/mol. The number of carbonyl (C=O) groups excluding carboxylic acids is 2. The summed E-state index contributed by atoms with van der Waals surface area (Å²) in [6, 6.07) is 2.90. The van der Waals surface area contributed by atoms with Crippen LogP contribution in [0.2, 0.25) is 0 Å². The van der Waals surface area contributed by atoms with Gasteiger partial charge in [0.1, 0.15) is 12.2 Å². The van der Waals surface area contributed by atoms with Gasteiger partial charge in [0.2, 0.25) is 16.1 Å². The van der Waals surface area contributed by atoms with Crippen LogP contribution < -0.4 is 10.5 Å². The molecule has 130 valence electrons. The van der Waals surface area contributed by atoms with Crippen LogP contribution in [0.3, 0.4) is 0 Å². The molecule has 0 amide bonds. The van der Waals surface area contributed by atoms with Crippen molar-refractivity contribution in [2.75, 3.05) is 18.9 Å². The van der Waals surface area contributed by atoms with Crippen molar-refractivity contribution in [3.8, 4) is 0 Å². The van der Waals surface area contributed by atoms with Crippen LogP contribution in [0.1, 0.15) is 6.42 Å². The molecule has 0 spiro atoms. The van der Waals surface area contributed by atoms with Gasteiger partial charge in [-0.25, -0.2) is 13.2 Å². The second-order valence-corrected chi connectivity index (χ2v) is 6.50. The topological polar surface area (TPSA) is 168 Å². The van der Waals surface area contributed by atoms with Crippen molar-refractivity contribution < 1.29 is 32.4 Å².